The number of carbonyl (C=O) groups is 1. The number of oxazole rings is 1. The monoisotopic (exact) mass is 383 g/mol. The molecule has 1 aliphatic heterocycles. The first-order chi connectivity index (χ1) is 12.1. The molecule has 1 aromatic heterocycles. The lowest BCUT2D eigenvalue weighted by Gasteiger charge is -2.34. The number of benzene rings is 1. The van der Waals surface area contributed by atoms with Crippen molar-refractivity contribution in [2.24, 2.45) is 0 Å². The lowest BCUT2D eigenvalue weighted by atomic mass is 10.2. The number of hydrogen-bond acceptors (Lipinski definition) is 6. The lowest BCUT2D eigenvalue weighted by molar-refractivity contribution is 0.0192. The topological polar surface area (TPSA) is 113 Å². The Labute approximate surface area is 150 Å². The molecule has 0 atom stereocenters. The molecule has 0 spiro atoms. The quantitative estimate of drug-likeness (QED) is 0.838. The molecule has 142 valence electrons. The summed E-state index contributed by atoms with van der Waals surface area (Å²) in [6, 6.07) is 4.23. The molecule has 0 aliphatic carbocycles. The highest BCUT2D eigenvalue weighted by molar-refractivity contribution is 7.89. The summed E-state index contributed by atoms with van der Waals surface area (Å²) in [7, 11) is -3.75. The van der Waals surface area contributed by atoms with Crippen molar-refractivity contribution < 1.29 is 22.4 Å². The van der Waals surface area contributed by atoms with Crippen LogP contribution in [0.1, 0.15) is 20.8 Å². The second-order valence-corrected chi connectivity index (χ2v) is 8.98. The predicted molar refractivity (Wildman–Crippen MR) is 93.4 cm³/mol. The van der Waals surface area contributed by atoms with Crippen LogP contribution in [0.3, 0.4) is 0 Å². The highest BCUT2D eigenvalue weighted by Crippen LogP contribution is 2.22. The fourth-order valence-corrected chi connectivity index (χ4v) is 4.11. The van der Waals surface area contributed by atoms with E-state index in [1.54, 1.807) is 20.8 Å². The maximum atomic E-state index is 12.8. The molecule has 10 heteroatoms. The molecule has 1 aromatic carbocycles. The Hall–Kier alpha value is -2.33. The Morgan fingerprint density at radius 2 is 1.85 bits per heavy atom. The average molecular weight is 383 g/mol. The van der Waals surface area contributed by atoms with E-state index in [0.717, 1.165) is 0 Å². The van der Waals surface area contributed by atoms with Gasteiger partial charge in [-0.15, -0.1) is 0 Å². The first-order valence-corrected chi connectivity index (χ1v) is 9.61. The molecule has 26 heavy (non-hydrogen) atoms. The van der Waals surface area contributed by atoms with E-state index in [0.29, 0.717) is 5.52 Å². The number of sulfonamides is 1. The summed E-state index contributed by atoms with van der Waals surface area (Å²) in [5.41, 5.74) is 0.0167. The molecule has 1 saturated heterocycles. The molecule has 3 rings (SSSR count). The van der Waals surface area contributed by atoms with Crippen LogP contribution in [0.25, 0.3) is 11.1 Å². The third-order valence-corrected chi connectivity index (χ3v) is 5.82. The van der Waals surface area contributed by atoms with Gasteiger partial charge in [-0.1, -0.05) is 0 Å². The normalized spacial score (nSPS) is 16.8. The zero-order chi connectivity index (χ0) is 19.1. The Morgan fingerprint density at radius 3 is 2.46 bits per heavy atom. The second-order valence-electron chi connectivity index (χ2n) is 7.04. The zero-order valence-corrected chi connectivity index (χ0v) is 15.6. The van der Waals surface area contributed by atoms with Gasteiger partial charge in [0.2, 0.25) is 10.0 Å². The fourth-order valence-electron chi connectivity index (χ4n) is 2.67. The third-order valence-electron chi connectivity index (χ3n) is 3.92. The van der Waals surface area contributed by atoms with Crippen LogP contribution in [0, 0.1) is 0 Å². The van der Waals surface area contributed by atoms with Crippen LogP contribution >= 0.6 is 0 Å². The number of rotatable bonds is 2. The molecule has 1 fully saturated rings. The third kappa shape index (κ3) is 3.75. The van der Waals surface area contributed by atoms with Gasteiger partial charge in [-0.05, 0) is 32.9 Å². The first kappa shape index (κ1) is 18.5. The van der Waals surface area contributed by atoms with E-state index in [4.69, 9.17) is 9.15 Å². The van der Waals surface area contributed by atoms with Crippen molar-refractivity contribution in [3.63, 3.8) is 0 Å². The molecule has 2 aromatic rings. The number of nitrogens with one attached hydrogen (secondary N) is 1. The molecule has 1 amide bonds. The van der Waals surface area contributed by atoms with Crippen LogP contribution in [0.15, 0.2) is 32.3 Å². The van der Waals surface area contributed by atoms with E-state index in [-0.39, 0.29) is 36.7 Å². The van der Waals surface area contributed by atoms with Gasteiger partial charge in [0.05, 0.1) is 10.4 Å². The number of aromatic nitrogens is 1. The van der Waals surface area contributed by atoms with Gasteiger partial charge in [-0.3, -0.25) is 4.98 Å². The van der Waals surface area contributed by atoms with Crippen molar-refractivity contribution in [3.05, 3.63) is 28.7 Å². The molecular weight excluding hydrogens is 362 g/mol. The summed E-state index contributed by atoms with van der Waals surface area (Å²) >= 11 is 0. The predicted octanol–water partition coefficient (Wildman–Crippen LogP) is 1.36. The van der Waals surface area contributed by atoms with E-state index < -0.39 is 27.5 Å². The molecule has 9 nitrogen and oxygen atoms in total. The van der Waals surface area contributed by atoms with Gasteiger partial charge in [0, 0.05) is 32.2 Å². The molecule has 0 bridgehead atoms. The highest BCUT2D eigenvalue weighted by Gasteiger charge is 2.32. The van der Waals surface area contributed by atoms with Gasteiger partial charge in [0.15, 0.2) is 5.58 Å². The van der Waals surface area contributed by atoms with Crippen LogP contribution in [-0.4, -0.2) is 60.5 Å². The first-order valence-electron chi connectivity index (χ1n) is 8.17. The number of aromatic amines is 1. The lowest BCUT2D eigenvalue weighted by Crippen LogP contribution is -2.51. The van der Waals surface area contributed by atoms with E-state index in [1.807, 2.05) is 0 Å². The number of H-pyrrole nitrogens is 1. The van der Waals surface area contributed by atoms with Crippen LogP contribution in [-0.2, 0) is 14.8 Å². The summed E-state index contributed by atoms with van der Waals surface area (Å²) in [6.45, 7) is 6.15. The number of hydrogen-bond donors (Lipinski definition) is 1. The van der Waals surface area contributed by atoms with Gasteiger partial charge in [0.1, 0.15) is 5.60 Å². The molecular formula is C16H21N3O6S. The van der Waals surface area contributed by atoms with Gasteiger partial charge in [-0.2, -0.15) is 4.31 Å². The second kappa shape index (κ2) is 6.44. The Balaban J connectivity index is 1.73. The summed E-state index contributed by atoms with van der Waals surface area (Å²) in [5, 5.41) is 0. The van der Waals surface area contributed by atoms with Crippen molar-refractivity contribution in [1.29, 1.82) is 0 Å². The largest absolute Gasteiger partial charge is 0.444 e. The minimum Gasteiger partial charge on any atom is -0.444 e. The summed E-state index contributed by atoms with van der Waals surface area (Å²) < 4.78 is 37.1. The van der Waals surface area contributed by atoms with Crippen LogP contribution < -0.4 is 5.76 Å². The zero-order valence-electron chi connectivity index (χ0n) is 14.8. The average Bonchev–Trinajstić information content (AvgIpc) is 2.92. The van der Waals surface area contributed by atoms with Gasteiger partial charge in [-0.25, -0.2) is 18.0 Å². The van der Waals surface area contributed by atoms with Crippen molar-refractivity contribution >= 4 is 27.2 Å². The summed E-state index contributed by atoms with van der Waals surface area (Å²) in [5.74, 6) is -0.638. The number of amides is 1. The maximum Gasteiger partial charge on any atom is 0.417 e. The number of carbonyl (C=O) groups excluding carboxylic acids is 1. The fraction of sp³-hybridized carbons (Fsp3) is 0.500. The SMILES string of the molecule is CC(C)(C)OC(=O)N1CCN(S(=O)(=O)c2ccc3[nH]c(=O)oc3c2)CC1. The van der Waals surface area contributed by atoms with Crippen molar-refractivity contribution in [1.82, 2.24) is 14.2 Å². The Bertz CT molecular complexity index is 977. The van der Waals surface area contributed by atoms with Crippen LogP contribution in [0.2, 0.25) is 0 Å². The van der Waals surface area contributed by atoms with E-state index in [9.17, 15) is 18.0 Å². The van der Waals surface area contributed by atoms with Gasteiger partial charge >= 0.3 is 11.8 Å². The number of ether oxygens (including phenoxy) is 1. The molecule has 0 radical (unpaired) electrons. The summed E-state index contributed by atoms with van der Waals surface area (Å²) in [6.07, 6.45) is -0.454. The minimum atomic E-state index is -3.75. The van der Waals surface area contributed by atoms with Crippen molar-refractivity contribution in [2.45, 2.75) is 31.3 Å². The molecule has 0 unspecified atom stereocenters. The molecule has 0 saturated carbocycles. The van der Waals surface area contributed by atoms with Crippen molar-refractivity contribution in [3.8, 4) is 0 Å². The Kier molecular flexibility index (Phi) is 4.57. The van der Waals surface area contributed by atoms with E-state index in [2.05, 4.69) is 4.98 Å². The summed E-state index contributed by atoms with van der Waals surface area (Å²) in [4.78, 5) is 27.3. The highest BCUT2D eigenvalue weighted by atomic mass is 32.2. The van der Waals surface area contributed by atoms with E-state index >= 15 is 0 Å². The maximum absolute atomic E-state index is 12.8. The van der Waals surface area contributed by atoms with Gasteiger partial charge < -0.3 is 14.1 Å². The van der Waals surface area contributed by atoms with Crippen LogP contribution in [0.5, 0.6) is 0 Å². The van der Waals surface area contributed by atoms with Crippen LogP contribution in [0.4, 0.5) is 4.79 Å². The number of nitrogens with zero attached hydrogens (tertiary/aromatic N) is 2. The minimum absolute atomic E-state index is 0.0402. The molecule has 2 heterocycles. The smallest absolute Gasteiger partial charge is 0.417 e. The van der Waals surface area contributed by atoms with Gasteiger partial charge in [0.25, 0.3) is 0 Å². The van der Waals surface area contributed by atoms with Crippen molar-refractivity contribution in [2.75, 3.05) is 26.2 Å². The number of piperazine rings is 1. The molecule has 1 aliphatic rings. The van der Waals surface area contributed by atoms with E-state index in [1.165, 1.54) is 27.4 Å². The molecule has 1 N–H and O–H groups in total. The standard InChI is InChI=1S/C16H21N3O6S/c1-16(2,3)25-15(21)18-6-8-19(9-7-18)26(22,23)11-4-5-12-13(10-11)24-14(20)17-12/h4-5,10H,6-9H2,1-3H3,(H,17,20). The number of fused-ring (bicyclic) bond motifs is 1. The Morgan fingerprint density at radius 1 is 1.19 bits per heavy atom.